The third-order valence-corrected chi connectivity index (χ3v) is 7.86. The summed E-state index contributed by atoms with van der Waals surface area (Å²) in [4.78, 5) is 30.3. The quantitative estimate of drug-likeness (QED) is 0.232. The number of hydrogen-bond donors (Lipinski definition) is 3. The number of rotatable bonds is 6. The van der Waals surface area contributed by atoms with Crippen LogP contribution in [0.2, 0.25) is 0 Å². The molecule has 0 saturated heterocycles. The zero-order valence-corrected chi connectivity index (χ0v) is 22.5. The minimum atomic E-state index is 0.113. The van der Waals surface area contributed by atoms with Crippen molar-refractivity contribution in [3.8, 4) is 28.3 Å². The summed E-state index contributed by atoms with van der Waals surface area (Å²) in [5.41, 5.74) is 9.00. The molecule has 3 N–H and O–H groups in total. The molecule has 200 valence electrons. The van der Waals surface area contributed by atoms with Gasteiger partial charge in [0.15, 0.2) is 11.5 Å². The molecule has 9 nitrogen and oxygen atoms in total. The van der Waals surface area contributed by atoms with Crippen molar-refractivity contribution in [1.82, 2.24) is 34.7 Å². The van der Waals surface area contributed by atoms with E-state index in [-0.39, 0.29) is 11.8 Å². The van der Waals surface area contributed by atoms with Crippen LogP contribution in [0.1, 0.15) is 43.9 Å². The highest BCUT2D eigenvalue weighted by atomic mass is 16.1. The summed E-state index contributed by atoms with van der Waals surface area (Å²) in [5.74, 6) is 0.924. The first-order valence-electron chi connectivity index (χ1n) is 13.8. The van der Waals surface area contributed by atoms with Crippen LogP contribution in [-0.2, 0) is 11.2 Å². The molecule has 1 saturated carbocycles. The van der Waals surface area contributed by atoms with Crippen molar-refractivity contribution < 1.29 is 4.79 Å². The summed E-state index contributed by atoms with van der Waals surface area (Å²) in [6, 6.07) is 14.4. The number of hydrogen-bond acceptors (Lipinski definition) is 5. The second kappa shape index (κ2) is 9.75. The molecule has 0 unspecified atom stereocenters. The molecule has 7 rings (SSSR count). The molecule has 1 fully saturated rings. The number of aryl methyl sites for hydroxylation is 2. The second-order valence-corrected chi connectivity index (χ2v) is 10.6. The summed E-state index contributed by atoms with van der Waals surface area (Å²) in [6.07, 6.45) is 10.7. The number of aromatic amines is 2. The van der Waals surface area contributed by atoms with Crippen LogP contribution in [0.5, 0.6) is 0 Å². The topological polar surface area (TPSA) is 117 Å². The van der Waals surface area contributed by atoms with E-state index >= 15 is 0 Å². The highest BCUT2D eigenvalue weighted by molar-refractivity contribution is 5.96. The summed E-state index contributed by atoms with van der Waals surface area (Å²) in [6.45, 7) is 4.09. The zero-order chi connectivity index (χ0) is 27.2. The van der Waals surface area contributed by atoms with Crippen molar-refractivity contribution in [1.29, 1.82) is 0 Å². The second-order valence-electron chi connectivity index (χ2n) is 10.6. The first kappa shape index (κ1) is 24.3. The number of nitrogens with one attached hydrogen (secondary N) is 3. The van der Waals surface area contributed by atoms with Gasteiger partial charge in [-0.05, 0) is 67.6 Å². The number of H-pyrrole nitrogens is 2. The number of carbonyl (C=O) groups excluding carboxylic acids is 1. The highest BCUT2D eigenvalue weighted by Gasteiger charge is 2.23. The molecule has 40 heavy (non-hydrogen) atoms. The normalized spacial score (nSPS) is 13.9. The van der Waals surface area contributed by atoms with E-state index in [1.54, 1.807) is 6.33 Å². The van der Waals surface area contributed by atoms with E-state index in [2.05, 4.69) is 55.6 Å². The van der Waals surface area contributed by atoms with Crippen LogP contribution < -0.4 is 5.32 Å². The monoisotopic (exact) mass is 530 g/mol. The number of carbonyl (C=O) groups is 1. The molecule has 6 aromatic rings. The van der Waals surface area contributed by atoms with E-state index in [0.29, 0.717) is 11.5 Å². The van der Waals surface area contributed by atoms with Crippen molar-refractivity contribution in [2.75, 3.05) is 5.32 Å². The number of aromatic nitrogens is 7. The number of imidazole rings is 2. The Morgan fingerprint density at radius 2 is 1.98 bits per heavy atom. The fourth-order valence-corrected chi connectivity index (χ4v) is 5.70. The average Bonchev–Trinajstić information content (AvgIpc) is 3.78. The Balaban J connectivity index is 1.27. The van der Waals surface area contributed by atoms with Crippen LogP contribution in [0.4, 0.5) is 5.69 Å². The maximum Gasteiger partial charge on any atom is 0.227 e. The summed E-state index contributed by atoms with van der Waals surface area (Å²) < 4.78 is 1.98. The lowest BCUT2D eigenvalue weighted by Gasteiger charge is -2.13. The maximum atomic E-state index is 12.8. The lowest BCUT2D eigenvalue weighted by molar-refractivity contribution is -0.119. The van der Waals surface area contributed by atoms with Crippen LogP contribution in [0, 0.1) is 12.8 Å². The van der Waals surface area contributed by atoms with Gasteiger partial charge >= 0.3 is 0 Å². The molecule has 1 aliphatic carbocycles. The Labute approximate surface area is 231 Å². The first-order chi connectivity index (χ1) is 19.6. The summed E-state index contributed by atoms with van der Waals surface area (Å²) in [5, 5.41) is 11.6. The van der Waals surface area contributed by atoms with Gasteiger partial charge < -0.3 is 14.9 Å². The van der Waals surface area contributed by atoms with E-state index in [9.17, 15) is 4.79 Å². The molecule has 0 radical (unpaired) electrons. The highest BCUT2D eigenvalue weighted by Crippen LogP contribution is 2.33. The standard InChI is InChI=1S/C31H30N8O/c1-3-19-11-21(13-23(12-19)34-31(40)20-7-4-5-8-20)22-14-24-27(37-38-29(24)32-15-22)30-35-25-9-6-10-26(28(25)36-30)39-16-18(2)33-17-39/h6,9-17,20H,3-5,7-8H2,1-2H3,(H,34,40)(H,35,36)(H,32,37,38). The summed E-state index contributed by atoms with van der Waals surface area (Å²) in [7, 11) is 0. The molecule has 0 aliphatic heterocycles. The van der Waals surface area contributed by atoms with Crippen molar-refractivity contribution in [2.45, 2.75) is 46.0 Å². The van der Waals surface area contributed by atoms with Gasteiger partial charge in [0.05, 0.1) is 28.6 Å². The number of para-hydroxylation sites is 1. The maximum absolute atomic E-state index is 12.8. The third kappa shape index (κ3) is 4.33. The van der Waals surface area contributed by atoms with Gasteiger partial charge in [0.25, 0.3) is 0 Å². The molecule has 2 aromatic carbocycles. The lowest BCUT2D eigenvalue weighted by Crippen LogP contribution is -2.20. The van der Waals surface area contributed by atoms with Crippen LogP contribution in [0.25, 0.3) is 50.4 Å². The predicted octanol–water partition coefficient (Wildman–Crippen LogP) is 6.35. The van der Waals surface area contributed by atoms with E-state index in [1.165, 1.54) is 0 Å². The van der Waals surface area contributed by atoms with Crippen LogP contribution in [-0.4, -0.2) is 40.6 Å². The largest absolute Gasteiger partial charge is 0.337 e. The Hall–Kier alpha value is -4.79. The number of pyridine rings is 1. The smallest absolute Gasteiger partial charge is 0.227 e. The molecule has 0 bridgehead atoms. The van der Waals surface area contributed by atoms with E-state index in [1.807, 2.05) is 48.1 Å². The van der Waals surface area contributed by atoms with Gasteiger partial charge in [0, 0.05) is 29.6 Å². The molecular weight excluding hydrogens is 500 g/mol. The molecule has 0 spiro atoms. The minimum absolute atomic E-state index is 0.113. The SMILES string of the molecule is CCc1cc(NC(=O)C2CCCC2)cc(-c2cnc3n[nH]c(-c4nc5c(-n6cnc(C)c6)cccc5[nH]4)c3c2)c1. The van der Waals surface area contributed by atoms with E-state index in [0.717, 1.165) is 88.0 Å². The van der Waals surface area contributed by atoms with Gasteiger partial charge in [-0.2, -0.15) is 5.10 Å². The van der Waals surface area contributed by atoms with Gasteiger partial charge in [-0.15, -0.1) is 0 Å². The molecule has 1 aliphatic rings. The van der Waals surface area contributed by atoms with Crippen LogP contribution in [0.3, 0.4) is 0 Å². The lowest BCUT2D eigenvalue weighted by atomic mass is 10.0. The van der Waals surface area contributed by atoms with Crippen LogP contribution in [0.15, 0.2) is 61.2 Å². The molecule has 1 amide bonds. The molecular formula is C31H30N8O. The molecule has 9 heteroatoms. The first-order valence-corrected chi connectivity index (χ1v) is 13.8. The van der Waals surface area contributed by atoms with Gasteiger partial charge in [-0.25, -0.2) is 15.0 Å². The van der Waals surface area contributed by atoms with E-state index < -0.39 is 0 Å². The summed E-state index contributed by atoms with van der Waals surface area (Å²) >= 11 is 0. The Bertz CT molecular complexity index is 1870. The Morgan fingerprint density at radius 1 is 1.10 bits per heavy atom. The molecule has 4 heterocycles. The van der Waals surface area contributed by atoms with Crippen molar-refractivity contribution in [3.05, 3.63) is 72.4 Å². The number of benzene rings is 2. The number of fused-ring (bicyclic) bond motifs is 2. The number of anilines is 1. The third-order valence-electron chi connectivity index (χ3n) is 7.86. The van der Waals surface area contributed by atoms with Crippen molar-refractivity contribution >= 4 is 33.7 Å². The van der Waals surface area contributed by atoms with E-state index in [4.69, 9.17) is 4.98 Å². The fourth-order valence-electron chi connectivity index (χ4n) is 5.70. The van der Waals surface area contributed by atoms with Crippen LogP contribution >= 0.6 is 0 Å². The number of amides is 1. The Morgan fingerprint density at radius 3 is 2.77 bits per heavy atom. The van der Waals surface area contributed by atoms with Gasteiger partial charge in [0.2, 0.25) is 5.91 Å². The fraction of sp³-hybridized carbons (Fsp3) is 0.258. The minimum Gasteiger partial charge on any atom is -0.337 e. The van der Waals surface area contributed by atoms with Gasteiger partial charge in [-0.1, -0.05) is 31.9 Å². The van der Waals surface area contributed by atoms with Gasteiger partial charge in [-0.3, -0.25) is 9.89 Å². The predicted molar refractivity (Wildman–Crippen MR) is 156 cm³/mol. The van der Waals surface area contributed by atoms with Crippen molar-refractivity contribution in [3.63, 3.8) is 0 Å². The Kier molecular flexibility index (Phi) is 5.91. The van der Waals surface area contributed by atoms with Gasteiger partial charge in [0.1, 0.15) is 11.2 Å². The average molecular weight is 531 g/mol. The number of nitrogens with zero attached hydrogens (tertiary/aromatic N) is 5. The molecule has 4 aromatic heterocycles. The van der Waals surface area contributed by atoms with Crippen molar-refractivity contribution in [2.24, 2.45) is 5.92 Å². The molecule has 0 atom stereocenters. The zero-order valence-electron chi connectivity index (χ0n) is 22.5.